The maximum Gasteiger partial charge on any atom is 0.136 e. The average molecular weight is 644 g/mol. The van der Waals surface area contributed by atoms with E-state index in [1.54, 1.807) is 0 Å². The first-order chi connectivity index (χ1) is 21.7. The van der Waals surface area contributed by atoms with Gasteiger partial charge in [0.25, 0.3) is 0 Å². The van der Waals surface area contributed by atoms with Gasteiger partial charge in [-0.15, -0.1) is 0 Å². The molecule has 0 aromatic heterocycles. The molecule has 0 N–H and O–H groups in total. The molecule has 0 bridgehead atoms. The highest BCUT2D eigenvalue weighted by atomic mass is 35.5. The molecule has 0 saturated heterocycles. The summed E-state index contributed by atoms with van der Waals surface area (Å²) in [4.78, 5) is 0. The lowest BCUT2D eigenvalue weighted by atomic mass is 10.00. The van der Waals surface area contributed by atoms with Crippen molar-refractivity contribution in [1.82, 2.24) is 0 Å². The monoisotopic (exact) mass is 642 g/mol. The molecule has 2 nitrogen and oxygen atoms in total. The zero-order chi connectivity index (χ0) is 31.2. The maximum absolute atomic E-state index is 6.84. The largest absolute Gasteiger partial charge is 0.492 e. The zero-order valence-electron chi connectivity index (χ0n) is 28.0. The van der Waals surface area contributed by atoms with Crippen molar-refractivity contribution in [3.8, 4) is 11.5 Å². The highest BCUT2D eigenvalue weighted by Gasteiger charge is 2.20. The number of halogens is 2. The van der Waals surface area contributed by atoms with Crippen LogP contribution in [0.3, 0.4) is 0 Å². The minimum Gasteiger partial charge on any atom is -0.492 e. The Morgan fingerprint density at radius 1 is 0.409 bits per heavy atom. The molecule has 0 aliphatic heterocycles. The van der Waals surface area contributed by atoms with Crippen LogP contribution < -0.4 is 9.47 Å². The number of hydrogen-bond acceptors (Lipinski definition) is 2. The van der Waals surface area contributed by atoms with E-state index in [0.29, 0.717) is 23.3 Å². The van der Waals surface area contributed by atoms with E-state index < -0.39 is 0 Å². The Labute approximate surface area is 279 Å². The Hall–Kier alpha value is -1.64. The predicted octanol–water partition coefficient (Wildman–Crippen LogP) is 14.7. The van der Waals surface area contributed by atoms with E-state index in [4.69, 9.17) is 32.7 Å². The van der Waals surface area contributed by atoms with Crippen LogP contribution in [-0.4, -0.2) is 13.2 Å². The van der Waals surface area contributed by atoms with Crippen molar-refractivity contribution in [2.24, 2.45) is 0 Å². The van der Waals surface area contributed by atoms with Crippen LogP contribution in [0.25, 0.3) is 21.5 Å². The molecule has 0 unspecified atom stereocenters. The summed E-state index contributed by atoms with van der Waals surface area (Å²) in [5.74, 6) is 1.66. The molecule has 3 aromatic carbocycles. The molecule has 0 heterocycles. The van der Waals surface area contributed by atoms with Gasteiger partial charge in [0.1, 0.15) is 11.5 Å². The van der Waals surface area contributed by atoms with Crippen LogP contribution in [-0.2, 0) is 0 Å². The number of fused-ring (bicyclic) bond motifs is 2. The fourth-order valence-electron chi connectivity index (χ4n) is 6.34. The third kappa shape index (κ3) is 12.6. The second kappa shape index (κ2) is 22.8. The van der Waals surface area contributed by atoms with Crippen LogP contribution in [0, 0.1) is 0 Å². The SMILES string of the molecule is CCCCCCCCCCCCCOc1c2cccc(Cl)c2c(OCCCCCCCCCCCCC)c2cccc(Cl)c12. The molecule has 0 aliphatic carbocycles. The van der Waals surface area contributed by atoms with Crippen molar-refractivity contribution in [3.05, 3.63) is 46.4 Å². The number of rotatable bonds is 26. The molecular formula is C40H60Cl2O2. The van der Waals surface area contributed by atoms with Gasteiger partial charge in [0, 0.05) is 21.5 Å². The van der Waals surface area contributed by atoms with Crippen molar-refractivity contribution in [2.45, 2.75) is 155 Å². The van der Waals surface area contributed by atoms with Gasteiger partial charge in [-0.1, -0.05) is 190 Å². The van der Waals surface area contributed by atoms with Gasteiger partial charge in [-0.2, -0.15) is 0 Å². The summed E-state index contributed by atoms with van der Waals surface area (Å²) in [6, 6.07) is 12.1. The summed E-state index contributed by atoms with van der Waals surface area (Å²) in [5.41, 5.74) is 0. The first-order valence-electron chi connectivity index (χ1n) is 18.3. The summed E-state index contributed by atoms with van der Waals surface area (Å²) in [7, 11) is 0. The minimum absolute atomic E-state index is 0.678. The molecule has 0 radical (unpaired) electrons. The molecule has 0 atom stereocenters. The van der Waals surface area contributed by atoms with E-state index in [-0.39, 0.29) is 0 Å². The third-order valence-corrected chi connectivity index (χ3v) is 9.59. The Morgan fingerprint density at radius 2 is 0.705 bits per heavy atom. The fourth-order valence-corrected chi connectivity index (χ4v) is 6.86. The number of hydrogen-bond donors (Lipinski definition) is 0. The van der Waals surface area contributed by atoms with E-state index in [9.17, 15) is 0 Å². The lowest BCUT2D eigenvalue weighted by Gasteiger charge is -2.19. The van der Waals surface area contributed by atoms with Gasteiger partial charge in [0.2, 0.25) is 0 Å². The highest BCUT2D eigenvalue weighted by molar-refractivity contribution is 6.40. The van der Waals surface area contributed by atoms with E-state index >= 15 is 0 Å². The van der Waals surface area contributed by atoms with Gasteiger partial charge in [-0.25, -0.2) is 0 Å². The molecule has 0 fully saturated rings. The molecular weight excluding hydrogens is 583 g/mol. The van der Waals surface area contributed by atoms with E-state index in [1.807, 2.05) is 24.3 Å². The van der Waals surface area contributed by atoms with Crippen LogP contribution in [0.1, 0.15) is 155 Å². The van der Waals surface area contributed by atoms with Gasteiger partial charge in [-0.3, -0.25) is 0 Å². The maximum atomic E-state index is 6.84. The predicted molar refractivity (Wildman–Crippen MR) is 195 cm³/mol. The van der Waals surface area contributed by atoms with Crippen LogP contribution in [0.5, 0.6) is 11.5 Å². The number of benzene rings is 3. The fraction of sp³-hybridized carbons (Fsp3) is 0.650. The normalized spacial score (nSPS) is 11.5. The van der Waals surface area contributed by atoms with Gasteiger partial charge >= 0.3 is 0 Å². The zero-order valence-corrected chi connectivity index (χ0v) is 29.5. The number of unbranched alkanes of at least 4 members (excludes halogenated alkanes) is 20. The summed E-state index contributed by atoms with van der Waals surface area (Å²) in [6.07, 6.45) is 29.0. The van der Waals surface area contributed by atoms with Crippen molar-refractivity contribution in [1.29, 1.82) is 0 Å². The molecule has 0 aliphatic rings. The van der Waals surface area contributed by atoms with Crippen LogP contribution >= 0.6 is 23.2 Å². The third-order valence-electron chi connectivity index (χ3n) is 8.96. The van der Waals surface area contributed by atoms with E-state index in [2.05, 4.69) is 26.0 Å². The van der Waals surface area contributed by atoms with Crippen molar-refractivity contribution < 1.29 is 9.47 Å². The summed E-state index contributed by atoms with van der Waals surface area (Å²) in [5, 5.41) is 5.21. The Balaban J connectivity index is 1.52. The summed E-state index contributed by atoms with van der Waals surface area (Å²) in [6.45, 7) is 5.92. The van der Waals surface area contributed by atoms with Crippen LogP contribution in [0.15, 0.2) is 36.4 Å². The van der Waals surface area contributed by atoms with Gasteiger partial charge in [0.15, 0.2) is 0 Å². The van der Waals surface area contributed by atoms with Crippen LogP contribution in [0.4, 0.5) is 0 Å². The van der Waals surface area contributed by atoms with Crippen molar-refractivity contribution in [3.63, 3.8) is 0 Å². The smallest absolute Gasteiger partial charge is 0.136 e. The van der Waals surface area contributed by atoms with Crippen LogP contribution in [0.2, 0.25) is 10.0 Å². The van der Waals surface area contributed by atoms with E-state index in [0.717, 1.165) is 45.9 Å². The first-order valence-corrected chi connectivity index (χ1v) is 19.0. The van der Waals surface area contributed by atoms with Gasteiger partial charge in [0.05, 0.1) is 23.3 Å². The Morgan fingerprint density at radius 3 is 1.02 bits per heavy atom. The average Bonchev–Trinajstić information content (AvgIpc) is 3.03. The molecule has 0 spiro atoms. The first kappa shape index (κ1) is 36.8. The minimum atomic E-state index is 0.678. The molecule has 0 amide bonds. The standard InChI is InChI=1S/C40H60Cl2O2/c1-3-5-7-9-11-13-15-17-19-21-23-31-43-39-33-27-25-30-36(42)38(33)40(34-28-26-29-35(41)37(34)39)44-32-24-22-20-18-16-14-12-10-8-6-4-2/h25-30H,3-24,31-32H2,1-2H3. The summed E-state index contributed by atoms with van der Waals surface area (Å²) >= 11 is 13.7. The molecule has 3 rings (SSSR count). The lowest BCUT2D eigenvalue weighted by Crippen LogP contribution is -2.03. The van der Waals surface area contributed by atoms with E-state index in [1.165, 1.54) is 128 Å². The Kier molecular flexibility index (Phi) is 19.1. The Bertz CT molecular complexity index is 1100. The van der Waals surface area contributed by atoms with Gasteiger partial charge in [-0.05, 0) is 25.0 Å². The molecule has 3 aromatic rings. The number of ether oxygens (including phenoxy) is 2. The molecule has 44 heavy (non-hydrogen) atoms. The molecule has 0 saturated carbocycles. The second-order valence-electron chi connectivity index (χ2n) is 12.8. The second-order valence-corrected chi connectivity index (χ2v) is 13.6. The molecule has 246 valence electrons. The quantitative estimate of drug-likeness (QED) is 0.0640. The highest BCUT2D eigenvalue weighted by Crippen LogP contribution is 2.47. The summed E-state index contributed by atoms with van der Waals surface area (Å²) < 4.78 is 13.0. The van der Waals surface area contributed by atoms with Crippen molar-refractivity contribution >= 4 is 44.7 Å². The lowest BCUT2D eigenvalue weighted by molar-refractivity contribution is 0.306. The van der Waals surface area contributed by atoms with Gasteiger partial charge < -0.3 is 9.47 Å². The molecule has 4 heteroatoms. The van der Waals surface area contributed by atoms with Crippen molar-refractivity contribution in [2.75, 3.05) is 13.2 Å². The topological polar surface area (TPSA) is 18.5 Å².